The molecule has 1 aliphatic rings. The predicted octanol–water partition coefficient (Wildman–Crippen LogP) is 3.08. The van der Waals surface area contributed by atoms with Crippen molar-refractivity contribution in [3.63, 3.8) is 0 Å². The lowest BCUT2D eigenvalue weighted by atomic mass is 10.2. The molecule has 0 bridgehead atoms. The number of anilines is 1. The van der Waals surface area contributed by atoms with E-state index in [1.165, 1.54) is 0 Å². The average molecular weight is 394 g/mol. The van der Waals surface area contributed by atoms with Gasteiger partial charge in [-0.15, -0.1) is 0 Å². The van der Waals surface area contributed by atoms with Crippen LogP contribution in [0.3, 0.4) is 0 Å². The van der Waals surface area contributed by atoms with Crippen molar-refractivity contribution in [2.75, 3.05) is 18.7 Å². The lowest BCUT2D eigenvalue weighted by Crippen LogP contribution is -2.26. The summed E-state index contributed by atoms with van der Waals surface area (Å²) in [4.78, 5) is 21.0. The molecular weight excluding hydrogens is 372 g/mol. The van der Waals surface area contributed by atoms with Gasteiger partial charge in [-0.2, -0.15) is 0 Å². The molecule has 150 valence electrons. The van der Waals surface area contributed by atoms with E-state index < -0.39 is 0 Å². The molecule has 1 aromatic carbocycles. The van der Waals surface area contributed by atoms with Crippen molar-refractivity contribution in [3.05, 3.63) is 65.4 Å². The van der Waals surface area contributed by atoms with Crippen LogP contribution in [0.1, 0.15) is 33.8 Å². The zero-order valence-electron chi connectivity index (χ0n) is 16.1. The van der Waals surface area contributed by atoms with Gasteiger partial charge >= 0.3 is 0 Å². The first-order chi connectivity index (χ1) is 14.2. The second-order valence-electron chi connectivity index (χ2n) is 6.67. The van der Waals surface area contributed by atoms with E-state index in [-0.39, 0.29) is 12.7 Å². The van der Waals surface area contributed by atoms with Gasteiger partial charge in [0.15, 0.2) is 11.5 Å². The standard InChI is InChI=1S/C21H22N4O4/c1-14-17(20(26)22-8-2-4-16-5-3-9-27-16)12-24-21(25-14)23-11-15-6-7-18-19(10-15)29-13-28-18/h3,5-7,9-10,12H,2,4,8,11,13H2,1H3,(H,22,26)(H,23,24,25). The Morgan fingerprint density at radius 2 is 2.10 bits per heavy atom. The molecule has 0 saturated carbocycles. The minimum absolute atomic E-state index is 0.177. The van der Waals surface area contributed by atoms with Crippen LogP contribution in [-0.4, -0.2) is 29.2 Å². The summed E-state index contributed by atoms with van der Waals surface area (Å²) in [7, 11) is 0. The summed E-state index contributed by atoms with van der Waals surface area (Å²) >= 11 is 0. The Morgan fingerprint density at radius 1 is 1.21 bits per heavy atom. The van der Waals surface area contributed by atoms with E-state index in [4.69, 9.17) is 13.9 Å². The molecule has 1 amide bonds. The van der Waals surface area contributed by atoms with E-state index in [9.17, 15) is 4.79 Å². The van der Waals surface area contributed by atoms with Crippen LogP contribution in [0.4, 0.5) is 5.95 Å². The molecule has 3 aromatic rings. The molecule has 0 radical (unpaired) electrons. The monoisotopic (exact) mass is 394 g/mol. The summed E-state index contributed by atoms with van der Waals surface area (Å²) in [6.07, 6.45) is 4.78. The van der Waals surface area contributed by atoms with Crippen molar-refractivity contribution >= 4 is 11.9 Å². The first kappa shape index (κ1) is 18.8. The number of fused-ring (bicyclic) bond motifs is 1. The van der Waals surface area contributed by atoms with Gasteiger partial charge in [0.2, 0.25) is 12.7 Å². The van der Waals surface area contributed by atoms with E-state index >= 15 is 0 Å². The second-order valence-corrected chi connectivity index (χ2v) is 6.67. The molecule has 29 heavy (non-hydrogen) atoms. The Bertz CT molecular complexity index is 988. The van der Waals surface area contributed by atoms with Gasteiger partial charge < -0.3 is 24.5 Å². The van der Waals surface area contributed by atoms with Crippen LogP contribution in [0.2, 0.25) is 0 Å². The van der Waals surface area contributed by atoms with Gasteiger partial charge in [-0.1, -0.05) is 6.07 Å². The summed E-state index contributed by atoms with van der Waals surface area (Å²) in [6.45, 7) is 3.14. The molecule has 2 N–H and O–H groups in total. The van der Waals surface area contributed by atoms with Crippen LogP contribution in [-0.2, 0) is 13.0 Å². The number of benzene rings is 1. The molecule has 0 aliphatic carbocycles. The highest BCUT2D eigenvalue weighted by atomic mass is 16.7. The van der Waals surface area contributed by atoms with Gasteiger partial charge in [-0.25, -0.2) is 9.97 Å². The molecular formula is C21H22N4O4. The Kier molecular flexibility index (Phi) is 5.60. The number of nitrogens with one attached hydrogen (secondary N) is 2. The van der Waals surface area contributed by atoms with Crippen molar-refractivity contribution in [2.24, 2.45) is 0 Å². The molecule has 0 atom stereocenters. The highest BCUT2D eigenvalue weighted by Gasteiger charge is 2.14. The third kappa shape index (κ3) is 4.66. The molecule has 8 heteroatoms. The van der Waals surface area contributed by atoms with Gasteiger partial charge in [0.1, 0.15) is 5.76 Å². The molecule has 0 spiro atoms. The van der Waals surface area contributed by atoms with Crippen molar-refractivity contribution in [3.8, 4) is 11.5 Å². The fourth-order valence-corrected chi connectivity index (χ4v) is 3.02. The van der Waals surface area contributed by atoms with E-state index in [1.54, 1.807) is 19.4 Å². The van der Waals surface area contributed by atoms with Crippen LogP contribution in [0.25, 0.3) is 0 Å². The molecule has 8 nitrogen and oxygen atoms in total. The third-order valence-electron chi connectivity index (χ3n) is 4.58. The summed E-state index contributed by atoms with van der Waals surface area (Å²) in [5.41, 5.74) is 2.11. The summed E-state index contributed by atoms with van der Waals surface area (Å²) in [5, 5.41) is 6.06. The lowest BCUT2D eigenvalue weighted by Gasteiger charge is -2.09. The first-order valence-corrected chi connectivity index (χ1v) is 9.45. The first-order valence-electron chi connectivity index (χ1n) is 9.45. The SMILES string of the molecule is Cc1nc(NCc2ccc3c(c2)OCO3)ncc1C(=O)NCCCc1ccco1. The maximum atomic E-state index is 12.4. The van der Waals surface area contributed by atoms with Crippen LogP contribution >= 0.6 is 0 Å². The third-order valence-corrected chi connectivity index (χ3v) is 4.58. The number of rotatable bonds is 8. The molecule has 4 rings (SSSR count). The van der Waals surface area contributed by atoms with Crippen LogP contribution < -0.4 is 20.1 Å². The number of hydrogen-bond acceptors (Lipinski definition) is 7. The lowest BCUT2D eigenvalue weighted by molar-refractivity contribution is 0.0951. The number of aryl methyl sites for hydroxylation is 2. The normalized spacial score (nSPS) is 12.0. The van der Waals surface area contributed by atoms with Crippen molar-refractivity contribution in [1.82, 2.24) is 15.3 Å². The largest absolute Gasteiger partial charge is 0.469 e. The van der Waals surface area contributed by atoms with E-state index in [0.29, 0.717) is 30.3 Å². The zero-order chi connectivity index (χ0) is 20.1. The molecule has 0 unspecified atom stereocenters. The molecule has 2 aromatic heterocycles. The van der Waals surface area contributed by atoms with E-state index in [2.05, 4.69) is 20.6 Å². The Morgan fingerprint density at radius 3 is 2.93 bits per heavy atom. The van der Waals surface area contributed by atoms with Gasteiger partial charge in [-0.3, -0.25) is 4.79 Å². The fraction of sp³-hybridized carbons (Fsp3) is 0.286. The minimum Gasteiger partial charge on any atom is -0.469 e. The molecule has 0 fully saturated rings. The smallest absolute Gasteiger partial charge is 0.254 e. The van der Waals surface area contributed by atoms with Gasteiger partial charge in [0, 0.05) is 25.7 Å². The quantitative estimate of drug-likeness (QED) is 0.567. The Labute approximate surface area is 168 Å². The summed E-state index contributed by atoms with van der Waals surface area (Å²) in [5.74, 6) is 2.69. The number of ether oxygens (including phenoxy) is 2. The Balaban J connectivity index is 1.28. The highest BCUT2D eigenvalue weighted by Crippen LogP contribution is 2.32. The molecule has 0 saturated heterocycles. The number of carbonyl (C=O) groups excluding carboxylic acids is 1. The summed E-state index contributed by atoms with van der Waals surface area (Å²) in [6, 6.07) is 9.54. The topological polar surface area (TPSA) is 98.5 Å². The number of nitrogens with zero attached hydrogens (tertiary/aromatic N) is 2. The summed E-state index contributed by atoms with van der Waals surface area (Å²) < 4.78 is 16.0. The second kappa shape index (κ2) is 8.64. The van der Waals surface area contributed by atoms with Gasteiger partial charge in [-0.05, 0) is 43.2 Å². The zero-order valence-corrected chi connectivity index (χ0v) is 16.1. The maximum absolute atomic E-state index is 12.4. The number of hydrogen-bond donors (Lipinski definition) is 2. The predicted molar refractivity (Wildman–Crippen MR) is 106 cm³/mol. The minimum atomic E-state index is -0.177. The van der Waals surface area contributed by atoms with E-state index in [1.807, 2.05) is 30.3 Å². The van der Waals surface area contributed by atoms with Crippen LogP contribution in [0.5, 0.6) is 11.5 Å². The highest BCUT2D eigenvalue weighted by molar-refractivity contribution is 5.94. The number of amides is 1. The van der Waals surface area contributed by atoms with Crippen molar-refractivity contribution in [1.29, 1.82) is 0 Å². The Hall–Kier alpha value is -3.55. The number of furan rings is 1. The molecule has 1 aliphatic heterocycles. The van der Waals surface area contributed by atoms with Gasteiger partial charge in [0.25, 0.3) is 5.91 Å². The van der Waals surface area contributed by atoms with E-state index in [0.717, 1.165) is 35.7 Å². The van der Waals surface area contributed by atoms with Crippen molar-refractivity contribution < 1.29 is 18.7 Å². The van der Waals surface area contributed by atoms with Gasteiger partial charge in [0.05, 0.1) is 17.5 Å². The molecule has 3 heterocycles. The van der Waals surface area contributed by atoms with Crippen LogP contribution in [0, 0.1) is 6.92 Å². The average Bonchev–Trinajstić information content (AvgIpc) is 3.41. The number of carbonyl (C=O) groups is 1. The number of aromatic nitrogens is 2. The maximum Gasteiger partial charge on any atom is 0.254 e. The van der Waals surface area contributed by atoms with Crippen molar-refractivity contribution in [2.45, 2.75) is 26.3 Å². The van der Waals surface area contributed by atoms with Crippen LogP contribution in [0.15, 0.2) is 47.2 Å². The fourth-order valence-electron chi connectivity index (χ4n) is 3.02.